The minimum atomic E-state index is -0.343. The summed E-state index contributed by atoms with van der Waals surface area (Å²) < 4.78 is 6.69. The first kappa shape index (κ1) is 22.7. The third kappa shape index (κ3) is 3.60. The van der Waals surface area contributed by atoms with Gasteiger partial charge in [0.1, 0.15) is 11.1 Å². The molecule has 0 saturated heterocycles. The molecule has 4 aromatic rings. The van der Waals surface area contributed by atoms with E-state index >= 15 is 0 Å². The minimum absolute atomic E-state index is 0.0872. The molecule has 0 saturated carbocycles. The molecule has 9 heteroatoms. The Morgan fingerprint density at radius 2 is 2.03 bits per heavy atom. The van der Waals surface area contributed by atoms with Crippen molar-refractivity contribution >= 4 is 22.6 Å². The third-order valence-corrected chi connectivity index (χ3v) is 7.11. The molecular formula is C25H29ClN6O2. The standard InChI is InChI=1S/C25H29ClN6O2/c1-5-10-31-23-21(24(33)30(4)25(31)34)22(20-11-15(2)13-29(20)3)32(28-23)14-16-8-9-27-19-7-6-17(26)12-18(16)19/h8-9,11,13,17H,5-7,10,12,14H2,1-4H3/t17-/m0/s1. The monoisotopic (exact) mass is 480 g/mol. The molecule has 0 unspecified atom stereocenters. The van der Waals surface area contributed by atoms with Crippen LogP contribution in [0, 0.1) is 6.92 Å². The SMILES string of the molecule is CCCn1c(=O)n(C)c(=O)c2c(-c3cc(C)cn3C)n(Cc3ccnc4c3C[C@@H](Cl)CC4)nc21. The first-order chi connectivity index (χ1) is 16.3. The Kier molecular flexibility index (Phi) is 5.72. The number of hydrogen-bond acceptors (Lipinski definition) is 4. The summed E-state index contributed by atoms with van der Waals surface area (Å²) in [5.41, 5.74) is 5.80. The van der Waals surface area contributed by atoms with Gasteiger partial charge in [0.2, 0.25) is 0 Å². The maximum Gasteiger partial charge on any atom is 0.332 e. The highest BCUT2D eigenvalue weighted by Crippen LogP contribution is 2.31. The van der Waals surface area contributed by atoms with Crippen LogP contribution in [0.3, 0.4) is 0 Å². The third-order valence-electron chi connectivity index (χ3n) is 6.74. The second kappa shape index (κ2) is 8.58. The molecule has 4 heterocycles. The van der Waals surface area contributed by atoms with Gasteiger partial charge in [-0.3, -0.25) is 23.6 Å². The maximum atomic E-state index is 13.4. The van der Waals surface area contributed by atoms with Crippen molar-refractivity contribution in [3.8, 4) is 11.4 Å². The van der Waals surface area contributed by atoms with Crippen LogP contribution in [0.2, 0.25) is 0 Å². The molecule has 0 radical (unpaired) electrons. The molecule has 34 heavy (non-hydrogen) atoms. The predicted molar refractivity (Wildman–Crippen MR) is 134 cm³/mol. The molecule has 1 atom stereocenters. The van der Waals surface area contributed by atoms with E-state index in [1.165, 1.54) is 17.2 Å². The van der Waals surface area contributed by atoms with Crippen LogP contribution in [0.15, 0.2) is 34.1 Å². The summed E-state index contributed by atoms with van der Waals surface area (Å²) in [6.45, 7) is 4.99. The topological polar surface area (TPSA) is 79.6 Å². The lowest BCUT2D eigenvalue weighted by Gasteiger charge is -2.22. The summed E-state index contributed by atoms with van der Waals surface area (Å²) in [6, 6.07) is 4.07. The molecule has 0 bridgehead atoms. The van der Waals surface area contributed by atoms with Crippen molar-refractivity contribution in [3.63, 3.8) is 0 Å². The van der Waals surface area contributed by atoms with Crippen LogP contribution in [0.25, 0.3) is 22.4 Å². The lowest BCUT2D eigenvalue weighted by molar-refractivity contribution is 0.600. The Bertz CT molecular complexity index is 1520. The van der Waals surface area contributed by atoms with Crippen molar-refractivity contribution in [2.24, 2.45) is 14.1 Å². The number of fused-ring (bicyclic) bond motifs is 2. The van der Waals surface area contributed by atoms with Crippen molar-refractivity contribution < 1.29 is 0 Å². The molecule has 178 valence electrons. The summed E-state index contributed by atoms with van der Waals surface area (Å²) in [5.74, 6) is 0. The first-order valence-electron chi connectivity index (χ1n) is 11.7. The van der Waals surface area contributed by atoms with Gasteiger partial charge in [-0.15, -0.1) is 11.6 Å². The Balaban J connectivity index is 1.81. The molecule has 1 aliphatic rings. The lowest BCUT2D eigenvalue weighted by atomic mass is 9.92. The molecular weight excluding hydrogens is 452 g/mol. The maximum absolute atomic E-state index is 13.4. The first-order valence-corrected chi connectivity index (χ1v) is 12.2. The normalized spacial score (nSPS) is 15.7. The summed E-state index contributed by atoms with van der Waals surface area (Å²) in [4.78, 5) is 31.0. The molecule has 0 aliphatic heterocycles. The molecule has 5 rings (SSSR count). The minimum Gasteiger partial charge on any atom is -0.349 e. The highest BCUT2D eigenvalue weighted by Gasteiger charge is 2.26. The highest BCUT2D eigenvalue weighted by molar-refractivity contribution is 6.20. The second-order valence-electron chi connectivity index (χ2n) is 9.25. The smallest absolute Gasteiger partial charge is 0.332 e. The molecule has 0 spiro atoms. The van der Waals surface area contributed by atoms with E-state index in [1.807, 2.05) is 48.6 Å². The van der Waals surface area contributed by atoms with Gasteiger partial charge in [0.25, 0.3) is 5.56 Å². The van der Waals surface area contributed by atoms with Crippen LogP contribution in [-0.4, -0.2) is 33.8 Å². The van der Waals surface area contributed by atoms with E-state index in [0.717, 1.165) is 53.9 Å². The van der Waals surface area contributed by atoms with Gasteiger partial charge in [-0.05, 0) is 61.4 Å². The van der Waals surface area contributed by atoms with E-state index in [9.17, 15) is 9.59 Å². The second-order valence-corrected chi connectivity index (χ2v) is 9.87. The molecule has 0 N–H and O–H groups in total. The van der Waals surface area contributed by atoms with E-state index in [2.05, 4.69) is 11.1 Å². The van der Waals surface area contributed by atoms with Crippen molar-refractivity contribution in [3.05, 3.63) is 67.7 Å². The van der Waals surface area contributed by atoms with Gasteiger partial charge in [0.15, 0.2) is 5.65 Å². The van der Waals surface area contributed by atoms with Crippen molar-refractivity contribution in [1.82, 2.24) is 28.5 Å². The molecule has 4 aromatic heterocycles. The molecule has 0 aromatic carbocycles. The van der Waals surface area contributed by atoms with Gasteiger partial charge in [0, 0.05) is 44.1 Å². The Labute approximate surface area is 202 Å². The van der Waals surface area contributed by atoms with E-state index in [-0.39, 0.29) is 16.6 Å². The number of rotatable bonds is 5. The van der Waals surface area contributed by atoms with E-state index in [1.54, 1.807) is 4.57 Å². The summed E-state index contributed by atoms with van der Waals surface area (Å²) in [7, 11) is 3.50. The number of aryl methyl sites for hydroxylation is 4. The number of nitrogens with zero attached hydrogens (tertiary/aromatic N) is 6. The molecule has 1 aliphatic carbocycles. The lowest BCUT2D eigenvalue weighted by Crippen LogP contribution is -2.38. The fraction of sp³-hybridized carbons (Fsp3) is 0.440. The predicted octanol–water partition coefficient (Wildman–Crippen LogP) is 3.16. The fourth-order valence-corrected chi connectivity index (χ4v) is 5.36. The van der Waals surface area contributed by atoms with Gasteiger partial charge in [-0.25, -0.2) is 4.79 Å². The zero-order chi connectivity index (χ0) is 24.1. The Hall–Kier alpha value is -3.13. The van der Waals surface area contributed by atoms with Crippen LogP contribution in [-0.2, 0) is 40.0 Å². The van der Waals surface area contributed by atoms with Crippen LogP contribution in [0.1, 0.15) is 42.1 Å². The summed E-state index contributed by atoms with van der Waals surface area (Å²) in [5, 5.41) is 5.44. The number of pyridine rings is 1. The quantitative estimate of drug-likeness (QED) is 0.411. The highest BCUT2D eigenvalue weighted by atomic mass is 35.5. The van der Waals surface area contributed by atoms with Gasteiger partial charge in [-0.1, -0.05) is 6.92 Å². The number of aromatic nitrogens is 6. The van der Waals surface area contributed by atoms with E-state index < -0.39 is 0 Å². The van der Waals surface area contributed by atoms with Gasteiger partial charge in [-0.2, -0.15) is 5.10 Å². The zero-order valence-electron chi connectivity index (χ0n) is 20.0. The van der Waals surface area contributed by atoms with Crippen LogP contribution in [0.4, 0.5) is 0 Å². The zero-order valence-corrected chi connectivity index (χ0v) is 20.8. The largest absolute Gasteiger partial charge is 0.349 e. The summed E-state index contributed by atoms with van der Waals surface area (Å²) in [6.07, 6.45) is 7.17. The number of halogens is 1. The van der Waals surface area contributed by atoms with Crippen molar-refractivity contribution in [2.45, 2.75) is 58.0 Å². The Morgan fingerprint density at radius 3 is 2.74 bits per heavy atom. The van der Waals surface area contributed by atoms with Gasteiger partial charge in [0.05, 0.1) is 12.2 Å². The molecule has 0 fully saturated rings. The van der Waals surface area contributed by atoms with Crippen LogP contribution < -0.4 is 11.2 Å². The Morgan fingerprint density at radius 1 is 1.24 bits per heavy atom. The molecule has 0 amide bonds. The number of alkyl halides is 1. The van der Waals surface area contributed by atoms with E-state index in [4.69, 9.17) is 16.7 Å². The molecule has 8 nitrogen and oxygen atoms in total. The van der Waals surface area contributed by atoms with Crippen LogP contribution in [0.5, 0.6) is 0 Å². The number of hydrogen-bond donors (Lipinski definition) is 0. The van der Waals surface area contributed by atoms with Gasteiger partial charge < -0.3 is 4.57 Å². The van der Waals surface area contributed by atoms with Gasteiger partial charge >= 0.3 is 5.69 Å². The average molecular weight is 481 g/mol. The summed E-state index contributed by atoms with van der Waals surface area (Å²) >= 11 is 6.51. The van der Waals surface area contributed by atoms with Crippen molar-refractivity contribution in [2.75, 3.05) is 0 Å². The average Bonchev–Trinajstić information content (AvgIpc) is 3.34. The van der Waals surface area contributed by atoms with Crippen molar-refractivity contribution in [1.29, 1.82) is 0 Å². The van der Waals surface area contributed by atoms with Crippen LogP contribution >= 0.6 is 11.6 Å². The fourth-order valence-electron chi connectivity index (χ4n) is 5.10. The van der Waals surface area contributed by atoms with E-state index in [0.29, 0.717) is 24.1 Å².